The van der Waals surface area contributed by atoms with Gasteiger partial charge in [-0.2, -0.15) is 0 Å². The maximum Gasteiger partial charge on any atom is 0.469 e. The van der Waals surface area contributed by atoms with E-state index in [0.717, 1.165) is 12.8 Å². The second-order valence-electron chi connectivity index (χ2n) is 2.58. The third-order valence-corrected chi connectivity index (χ3v) is 1.92. The van der Waals surface area contributed by atoms with Crippen LogP contribution in [0, 0.1) is 0 Å². The number of unbranched alkanes of at least 4 members (excludes halogenated alkanes) is 2. The molecule has 0 aromatic carbocycles. The number of phosphoric acid groups is 1. The molecular formula is C7H17O5P. The molecule has 0 atom stereocenters. The van der Waals surface area contributed by atoms with Gasteiger partial charge in [-0.1, -0.05) is 0 Å². The van der Waals surface area contributed by atoms with Gasteiger partial charge in [0.05, 0.1) is 6.61 Å². The molecule has 5 nitrogen and oxygen atoms in total. The molecule has 0 spiro atoms. The molecule has 0 amide bonds. The van der Waals surface area contributed by atoms with E-state index in [-0.39, 0.29) is 6.61 Å². The van der Waals surface area contributed by atoms with Crippen LogP contribution in [0.4, 0.5) is 0 Å². The summed E-state index contributed by atoms with van der Waals surface area (Å²) in [6.07, 6.45) is 2.41. The van der Waals surface area contributed by atoms with Crippen LogP contribution in [-0.4, -0.2) is 29.6 Å². The van der Waals surface area contributed by atoms with Gasteiger partial charge in [0.2, 0.25) is 0 Å². The Bertz CT molecular complexity index is 155. The van der Waals surface area contributed by atoms with Gasteiger partial charge < -0.3 is 14.5 Å². The summed E-state index contributed by atoms with van der Waals surface area (Å²) in [7, 11) is -4.26. The first kappa shape index (κ1) is 13.1. The minimum Gasteiger partial charge on any atom is -0.382 e. The normalized spacial score (nSPS) is 11.9. The minimum atomic E-state index is -4.26. The molecule has 0 saturated carbocycles. The van der Waals surface area contributed by atoms with Crippen LogP contribution in [0.15, 0.2) is 0 Å². The predicted molar refractivity (Wildman–Crippen MR) is 48.3 cm³/mol. The molecule has 0 bridgehead atoms. The Kier molecular flexibility index (Phi) is 7.51. The van der Waals surface area contributed by atoms with E-state index in [0.29, 0.717) is 19.6 Å². The first-order valence-corrected chi connectivity index (χ1v) is 5.87. The average Bonchev–Trinajstić information content (AvgIpc) is 2.01. The van der Waals surface area contributed by atoms with Crippen molar-refractivity contribution in [3.05, 3.63) is 0 Å². The fourth-order valence-electron chi connectivity index (χ4n) is 0.811. The number of hydrogen-bond donors (Lipinski definition) is 2. The molecule has 2 N–H and O–H groups in total. The van der Waals surface area contributed by atoms with Gasteiger partial charge in [-0.25, -0.2) is 4.57 Å². The van der Waals surface area contributed by atoms with Crippen molar-refractivity contribution in [3.63, 3.8) is 0 Å². The van der Waals surface area contributed by atoms with Crippen molar-refractivity contribution in [2.24, 2.45) is 0 Å². The number of phosphoric ester groups is 1. The summed E-state index contributed by atoms with van der Waals surface area (Å²) in [6.45, 7) is 3.44. The van der Waals surface area contributed by atoms with Gasteiger partial charge in [-0.15, -0.1) is 0 Å². The van der Waals surface area contributed by atoms with Crippen LogP contribution in [0.5, 0.6) is 0 Å². The van der Waals surface area contributed by atoms with Gasteiger partial charge >= 0.3 is 7.82 Å². The highest BCUT2D eigenvalue weighted by molar-refractivity contribution is 7.46. The van der Waals surface area contributed by atoms with Gasteiger partial charge in [0.25, 0.3) is 0 Å². The Morgan fingerprint density at radius 3 is 2.31 bits per heavy atom. The maximum atomic E-state index is 10.2. The van der Waals surface area contributed by atoms with Crippen LogP contribution in [-0.2, 0) is 13.8 Å². The molecule has 0 aromatic heterocycles. The predicted octanol–water partition coefficient (Wildman–Crippen LogP) is 1.30. The van der Waals surface area contributed by atoms with E-state index in [9.17, 15) is 4.57 Å². The maximum absolute atomic E-state index is 10.2. The first-order valence-electron chi connectivity index (χ1n) is 4.34. The molecular weight excluding hydrogens is 195 g/mol. The molecule has 6 heteroatoms. The monoisotopic (exact) mass is 212 g/mol. The molecule has 0 rings (SSSR count). The Morgan fingerprint density at radius 2 is 1.77 bits per heavy atom. The molecule has 80 valence electrons. The quantitative estimate of drug-likeness (QED) is 0.468. The van der Waals surface area contributed by atoms with Crippen molar-refractivity contribution in [2.75, 3.05) is 19.8 Å². The van der Waals surface area contributed by atoms with E-state index < -0.39 is 7.82 Å². The largest absolute Gasteiger partial charge is 0.469 e. The molecule has 0 radical (unpaired) electrons. The third kappa shape index (κ3) is 12.1. The summed E-state index contributed by atoms with van der Waals surface area (Å²) in [5.74, 6) is 0. The van der Waals surface area contributed by atoms with Gasteiger partial charge in [0.15, 0.2) is 0 Å². The molecule has 0 aromatic rings. The average molecular weight is 212 g/mol. The smallest absolute Gasteiger partial charge is 0.382 e. The Hall–Kier alpha value is 0.0700. The number of ether oxygens (including phenoxy) is 1. The lowest BCUT2D eigenvalue weighted by Gasteiger charge is -2.04. The summed E-state index contributed by atoms with van der Waals surface area (Å²) >= 11 is 0. The van der Waals surface area contributed by atoms with Crippen LogP contribution < -0.4 is 0 Å². The Balaban J connectivity index is 3.04. The van der Waals surface area contributed by atoms with Crippen LogP contribution in [0.3, 0.4) is 0 Å². The minimum absolute atomic E-state index is 0.108. The Labute approximate surface area is 78.3 Å². The van der Waals surface area contributed by atoms with E-state index in [2.05, 4.69) is 4.52 Å². The SMILES string of the molecule is CCOCCCCCOP(=O)(O)O. The second kappa shape index (κ2) is 7.47. The molecule has 0 aliphatic carbocycles. The lowest BCUT2D eigenvalue weighted by atomic mass is 10.2. The zero-order valence-electron chi connectivity index (χ0n) is 7.81. The van der Waals surface area contributed by atoms with Gasteiger partial charge in [0, 0.05) is 13.2 Å². The lowest BCUT2D eigenvalue weighted by Crippen LogP contribution is -1.96. The van der Waals surface area contributed by atoms with E-state index in [1.807, 2.05) is 6.92 Å². The van der Waals surface area contributed by atoms with Crippen LogP contribution >= 0.6 is 7.82 Å². The van der Waals surface area contributed by atoms with E-state index in [1.54, 1.807) is 0 Å². The van der Waals surface area contributed by atoms with Crippen molar-refractivity contribution in [1.82, 2.24) is 0 Å². The molecule has 0 aliphatic rings. The summed E-state index contributed by atoms with van der Waals surface area (Å²) in [4.78, 5) is 16.6. The van der Waals surface area contributed by atoms with Crippen LogP contribution in [0.25, 0.3) is 0 Å². The molecule has 0 saturated heterocycles. The molecule has 0 unspecified atom stereocenters. The molecule has 0 heterocycles. The molecule has 0 fully saturated rings. The van der Waals surface area contributed by atoms with E-state index in [4.69, 9.17) is 14.5 Å². The molecule has 13 heavy (non-hydrogen) atoms. The van der Waals surface area contributed by atoms with Crippen molar-refractivity contribution in [1.29, 1.82) is 0 Å². The second-order valence-corrected chi connectivity index (χ2v) is 3.82. The van der Waals surface area contributed by atoms with Gasteiger partial charge in [0.1, 0.15) is 0 Å². The van der Waals surface area contributed by atoms with Crippen molar-refractivity contribution >= 4 is 7.82 Å². The number of rotatable bonds is 8. The van der Waals surface area contributed by atoms with Crippen LogP contribution in [0.1, 0.15) is 26.2 Å². The summed E-state index contributed by atoms with van der Waals surface area (Å²) in [6, 6.07) is 0. The Morgan fingerprint density at radius 1 is 1.15 bits per heavy atom. The van der Waals surface area contributed by atoms with Crippen LogP contribution in [0.2, 0.25) is 0 Å². The van der Waals surface area contributed by atoms with Crippen molar-refractivity contribution in [3.8, 4) is 0 Å². The van der Waals surface area contributed by atoms with Gasteiger partial charge in [-0.3, -0.25) is 4.52 Å². The zero-order chi connectivity index (χ0) is 10.2. The standard InChI is InChI=1S/C7H17O5P/c1-2-11-6-4-3-5-7-12-13(8,9)10/h2-7H2,1H3,(H2,8,9,10). The van der Waals surface area contributed by atoms with Gasteiger partial charge in [-0.05, 0) is 26.2 Å². The zero-order valence-corrected chi connectivity index (χ0v) is 8.70. The summed E-state index contributed by atoms with van der Waals surface area (Å²) in [5, 5.41) is 0. The summed E-state index contributed by atoms with van der Waals surface area (Å²) < 4.78 is 19.6. The van der Waals surface area contributed by atoms with E-state index in [1.165, 1.54) is 0 Å². The summed E-state index contributed by atoms with van der Waals surface area (Å²) in [5.41, 5.74) is 0. The van der Waals surface area contributed by atoms with Crippen molar-refractivity contribution < 1.29 is 23.6 Å². The highest BCUT2D eigenvalue weighted by Gasteiger charge is 2.12. The topological polar surface area (TPSA) is 76.0 Å². The number of hydrogen-bond acceptors (Lipinski definition) is 3. The third-order valence-electron chi connectivity index (χ3n) is 1.40. The van der Waals surface area contributed by atoms with Crippen molar-refractivity contribution in [2.45, 2.75) is 26.2 Å². The lowest BCUT2D eigenvalue weighted by molar-refractivity contribution is 0.140. The highest BCUT2D eigenvalue weighted by atomic mass is 31.2. The fraction of sp³-hybridized carbons (Fsp3) is 1.00. The molecule has 0 aliphatic heterocycles. The first-order chi connectivity index (χ1) is 6.06. The van der Waals surface area contributed by atoms with E-state index >= 15 is 0 Å². The highest BCUT2D eigenvalue weighted by Crippen LogP contribution is 2.35. The fourth-order valence-corrected chi connectivity index (χ4v) is 1.18.